The minimum absolute atomic E-state index is 0.290. The first-order valence-corrected chi connectivity index (χ1v) is 6.17. The molecule has 1 nitrogen and oxygen atoms in total. The summed E-state index contributed by atoms with van der Waals surface area (Å²) in [5.41, 5.74) is 1.59. The minimum Gasteiger partial charge on any atom is -0.384 e. The molecule has 0 aliphatic rings. The standard InChI is InChI=1S/C14H11BrF2O/c1-8-6-9(2-4-12(8)16)14(18)10-3-5-13(17)11(15)7-10/h2-7,14,18H,1H3. The van der Waals surface area contributed by atoms with Crippen molar-refractivity contribution in [1.82, 2.24) is 0 Å². The lowest BCUT2D eigenvalue weighted by atomic mass is 10.00. The van der Waals surface area contributed by atoms with Crippen LogP contribution in [0.1, 0.15) is 22.8 Å². The lowest BCUT2D eigenvalue weighted by molar-refractivity contribution is 0.220. The monoisotopic (exact) mass is 312 g/mol. The highest BCUT2D eigenvalue weighted by atomic mass is 79.9. The highest BCUT2D eigenvalue weighted by Crippen LogP contribution is 2.27. The number of hydrogen-bond acceptors (Lipinski definition) is 1. The molecule has 2 aromatic carbocycles. The molecule has 94 valence electrons. The Hall–Kier alpha value is -1.26. The summed E-state index contributed by atoms with van der Waals surface area (Å²) in [6, 6.07) is 8.70. The third-order valence-corrected chi connectivity index (χ3v) is 3.36. The van der Waals surface area contributed by atoms with Gasteiger partial charge < -0.3 is 5.11 Å². The van der Waals surface area contributed by atoms with Crippen molar-refractivity contribution < 1.29 is 13.9 Å². The Labute approximate surface area is 112 Å². The molecular weight excluding hydrogens is 302 g/mol. The van der Waals surface area contributed by atoms with Crippen LogP contribution in [0.4, 0.5) is 8.78 Å². The van der Waals surface area contributed by atoms with Crippen LogP contribution in [-0.2, 0) is 0 Å². The summed E-state index contributed by atoms with van der Waals surface area (Å²) in [6.45, 7) is 1.63. The van der Waals surface area contributed by atoms with Crippen LogP contribution >= 0.6 is 15.9 Å². The molecule has 0 saturated heterocycles. The van der Waals surface area contributed by atoms with Crippen molar-refractivity contribution in [2.45, 2.75) is 13.0 Å². The number of aryl methyl sites for hydroxylation is 1. The molecule has 0 aliphatic carbocycles. The van der Waals surface area contributed by atoms with Gasteiger partial charge in [0.2, 0.25) is 0 Å². The number of aliphatic hydroxyl groups excluding tert-OH is 1. The molecular formula is C14H11BrF2O. The van der Waals surface area contributed by atoms with Crippen LogP contribution in [0.25, 0.3) is 0 Å². The van der Waals surface area contributed by atoms with E-state index in [0.29, 0.717) is 16.7 Å². The highest BCUT2D eigenvalue weighted by Gasteiger charge is 2.13. The Morgan fingerprint density at radius 2 is 1.56 bits per heavy atom. The molecule has 4 heteroatoms. The Kier molecular flexibility index (Phi) is 3.78. The predicted molar refractivity (Wildman–Crippen MR) is 69.3 cm³/mol. The van der Waals surface area contributed by atoms with E-state index < -0.39 is 6.10 Å². The summed E-state index contributed by atoms with van der Waals surface area (Å²) in [5, 5.41) is 10.2. The molecule has 0 radical (unpaired) electrons. The highest BCUT2D eigenvalue weighted by molar-refractivity contribution is 9.10. The second-order valence-electron chi connectivity index (χ2n) is 4.08. The largest absolute Gasteiger partial charge is 0.384 e. The van der Waals surface area contributed by atoms with Crippen LogP contribution in [0.2, 0.25) is 0 Å². The maximum absolute atomic E-state index is 13.1. The first-order valence-electron chi connectivity index (χ1n) is 5.38. The Morgan fingerprint density at radius 1 is 1.00 bits per heavy atom. The number of benzene rings is 2. The molecule has 18 heavy (non-hydrogen) atoms. The third kappa shape index (κ3) is 2.60. The molecule has 0 spiro atoms. The minimum atomic E-state index is -0.902. The van der Waals surface area contributed by atoms with E-state index in [2.05, 4.69) is 15.9 Å². The Morgan fingerprint density at radius 3 is 2.11 bits per heavy atom. The lowest BCUT2D eigenvalue weighted by Gasteiger charge is -2.13. The molecule has 0 fully saturated rings. The fourth-order valence-electron chi connectivity index (χ4n) is 1.71. The quantitative estimate of drug-likeness (QED) is 0.884. The zero-order valence-electron chi connectivity index (χ0n) is 9.62. The zero-order chi connectivity index (χ0) is 13.3. The van der Waals surface area contributed by atoms with Gasteiger partial charge >= 0.3 is 0 Å². The maximum Gasteiger partial charge on any atom is 0.137 e. The van der Waals surface area contributed by atoms with E-state index in [-0.39, 0.29) is 16.1 Å². The van der Waals surface area contributed by atoms with E-state index >= 15 is 0 Å². The molecule has 0 saturated carbocycles. The van der Waals surface area contributed by atoms with E-state index in [1.807, 2.05) is 0 Å². The van der Waals surface area contributed by atoms with Crippen molar-refractivity contribution in [1.29, 1.82) is 0 Å². The van der Waals surface area contributed by atoms with E-state index in [1.54, 1.807) is 13.0 Å². The van der Waals surface area contributed by atoms with Crippen LogP contribution < -0.4 is 0 Å². The fourth-order valence-corrected chi connectivity index (χ4v) is 2.11. The summed E-state index contributed by atoms with van der Waals surface area (Å²) in [7, 11) is 0. The smallest absolute Gasteiger partial charge is 0.137 e. The van der Waals surface area contributed by atoms with Crippen molar-refractivity contribution in [3.05, 3.63) is 69.2 Å². The van der Waals surface area contributed by atoms with Gasteiger partial charge in [-0.05, 0) is 57.7 Å². The van der Waals surface area contributed by atoms with Gasteiger partial charge in [0.05, 0.1) is 4.47 Å². The Balaban J connectivity index is 2.37. The van der Waals surface area contributed by atoms with Gasteiger partial charge in [0.1, 0.15) is 17.7 Å². The summed E-state index contributed by atoms with van der Waals surface area (Å²) in [4.78, 5) is 0. The topological polar surface area (TPSA) is 20.2 Å². The van der Waals surface area contributed by atoms with Crippen LogP contribution in [0.3, 0.4) is 0 Å². The average molecular weight is 313 g/mol. The first kappa shape index (κ1) is 13.2. The normalized spacial score (nSPS) is 12.5. The molecule has 1 atom stereocenters. The van der Waals surface area contributed by atoms with Gasteiger partial charge in [0.25, 0.3) is 0 Å². The van der Waals surface area contributed by atoms with Crippen LogP contribution in [-0.4, -0.2) is 5.11 Å². The summed E-state index contributed by atoms with van der Waals surface area (Å²) >= 11 is 3.07. The van der Waals surface area contributed by atoms with Gasteiger partial charge in [-0.25, -0.2) is 8.78 Å². The fraction of sp³-hybridized carbons (Fsp3) is 0.143. The molecule has 2 rings (SSSR count). The molecule has 1 N–H and O–H groups in total. The average Bonchev–Trinajstić information content (AvgIpc) is 2.35. The Bertz CT molecular complexity index is 533. The molecule has 1 unspecified atom stereocenters. The van der Waals surface area contributed by atoms with Crippen molar-refractivity contribution in [3.63, 3.8) is 0 Å². The predicted octanol–water partition coefficient (Wildman–Crippen LogP) is 4.12. The second-order valence-corrected chi connectivity index (χ2v) is 4.94. The van der Waals surface area contributed by atoms with E-state index in [9.17, 15) is 13.9 Å². The van der Waals surface area contributed by atoms with Gasteiger partial charge in [0.15, 0.2) is 0 Å². The summed E-state index contributed by atoms with van der Waals surface area (Å²) < 4.78 is 26.5. The van der Waals surface area contributed by atoms with Crippen molar-refractivity contribution in [2.24, 2.45) is 0 Å². The van der Waals surface area contributed by atoms with Crippen molar-refractivity contribution >= 4 is 15.9 Å². The maximum atomic E-state index is 13.1. The van der Waals surface area contributed by atoms with E-state index in [4.69, 9.17) is 0 Å². The van der Waals surface area contributed by atoms with Crippen LogP contribution in [0, 0.1) is 18.6 Å². The van der Waals surface area contributed by atoms with E-state index in [1.165, 1.54) is 30.3 Å². The number of aliphatic hydroxyl groups is 1. The number of halogens is 3. The van der Waals surface area contributed by atoms with Gasteiger partial charge in [-0.15, -0.1) is 0 Å². The molecule has 0 aliphatic heterocycles. The molecule has 0 bridgehead atoms. The molecule has 0 amide bonds. The zero-order valence-corrected chi connectivity index (χ0v) is 11.2. The van der Waals surface area contributed by atoms with Crippen molar-refractivity contribution in [3.8, 4) is 0 Å². The van der Waals surface area contributed by atoms with Crippen LogP contribution in [0.15, 0.2) is 40.9 Å². The lowest BCUT2D eigenvalue weighted by Crippen LogP contribution is -2.01. The van der Waals surface area contributed by atoms with Gasteiger partial charge in [-0.2, -0.15) is 0 Å². The molecule has 2 aromatic rings. The third-order valence-electron chi connectivity index (χ3n) is 2.76. The molecule has 0 aromatic heterocycles. The van der Waals surface area contributed by atoms with Crippen molar-refractivity contribution in [2.75, 3.05) is 0 Å². The molecule has 0 heterocycles. The number of rotatable bonds is 2. The number of hydrogen-bond donors (Lipinski definition) is 1. The van der Waals surface area contributed by atoms with Crippen LogP contribution in [0.5, 0.6) is 0 Å². The van der Waals surface area contributed by atoms with Gasteiger partial charge in [-0.3, -0.25) is 0 Å². The van der Waals surface area contributed by atoms with Gasteiger partial charge in [0, 0.05) is 0 Å². The summed E-state index contributed by atoms with van der Waals surface area (Å²) in [6.07, 6.45) is -0.902. The first-order chi connectivity index (χ1) is 8.49. The van der Waals surface area contributed by atoms with Gasteiger partial charge in [-0.1, -0.05) is 18.2 Å². The SMILES string of the molecule is Cc1cc(C(O)c2ccc(F)c(Br)c2)ccc1F. The second kappa shape index (κ2) is 5.16. The van der Waals surface area contributed by atoms with E-state index in [0.717, 1.165) is 0 Å². The summed E-state index contributed by atoms with van der Waals surface area (Å²) in [5.74, 6) is -0.701.